The Labute approximate surface area is 135 Å². The van der Waals surface area contributed by atoms with E-state index in [1.807, 2.05) is 43.3 Å². The molecule has 0 fully saturated rings. The van der Waals surface area contributed by atoms with Crippen LogP contribution in [0, 0.1) is 5.82 Å². The highest BCUT2D eigenvalue weighted by Crippen LogP contribution is 2.17. The molecule has 0 saturated carbocycles. The van der Waals surface area contributed by atoms with Gasteiger partial charge in [0.25, 0.3) is 5.91 Å². The highest BCUT2D eigenvalue weighted by atomic mass is 19.1. The van der Waals surface area contributed by atoms with Crippen LogP contribution in [0.3, 0.4) is 0 Å². The summed E-state index contributed by atoms with van der Waals surface area (Å²) in [5.74, 6) is -0.204. The lowest BCUT2D eigenvalue weighted by molar-refractivity contribution is -0.903. The molecule has 0 aliphatic rings. The van der Waals surface area contributed by atoms with Crippen LogP contribution < -0.4 is 15.0 Å². The molecule has 0 heterocycles. The van der Waals surface area contributed by atoms with E-state index in [1.54, 1.807) is 6.07 Å². The maximum absolute atomic E-state index is 13.7. The van der Waals surface area contributed by atoms with Crippen molar-refractivity contribution >= 4 is 11.6 Å². The van der Waals surface area contributed by atoms with Gasteiger partial charge in [0.1, 0.15) is 6.54 Å². The van der Waals surface area contributed by atoms with Crippen LogP contribution in [0.25, 0.3) is 0 Å². The number of benzene rings is 2. The Morgan fingerprint density at radius 2 is 1.96 bits per heavy atom. The summed E-state index contributed by atoms with van der Waals surface area (Å²) in [5, 5.41) is 2.87. The van der Waals surface area contributed by atoms with Gasteiger partial charge in [-0.1, -0.05) is 18.2 Å². The maximum Gasteiger partial charge on any atom is 0.279 e. The normalized spacial score (nSPS) is 11.8. The van der Waals surface area contributed by atoms with E-state index in [2.05, 4.69) is 5.32 Å². The Balaban J connectivity index is 1.94. The lowest BCUT2D eigenvalue weighted by Crippen LogP contribution is -3.11. The van der Waals surface area contributed by atoms with E-state index in [4.69, 9.17) is 4.74 Å². The Bertz CT molecular complexity index is 647. The minimum Gasteiger partial charge on any atom is -0.494 e. The molecule has 2 aromatic carbocycles. The third-order valence-corrected chi connectivity index (χ3v) is 3.64. The van der Waals surface area contributed by atoms with Crippen molar-refractivity contribution in [1.82, 2.24) is 0 Å². The van der Waals surface area contributed by atoms with Gasteiger partial charge in [0.05, 0.1) is 13.7 Å². The number of anilines is 1. The second kappa shape index (κ2) is 8.29. The first kappa shape index (κ1) is 17.0. The van der Waals surface area contributed by atoms with E-state index in [1.165, 1.54) is 13.2 Å². The van der Waals surface area contributed by atoms with Gasteiger partial charge >= 0.3 is 0 Å². The number of likely N-dealkylation sites (N-methyl/N-ethyl adjacent to an activating group) is 1. The first-order chi connectivity index (χ1) is 11.1. The number of rotatable bonds is 7. The molecule has 0 aliphatic carbocycles. The molecular weight excluding hydrogens is 295 g/mol. The van der Waals surface area contributed by atoms with Crippen molar-refractivity contribution in [2.24, 2.45) is 0 Å². The molecule has 0 aromatic heterocycles. The number of methoxy groups -OCH3 is 1. The lowest BCUT2D eigenvalue weighted by Gasteiger charge is -2.17. The summed E-state index contributed by atoms with van der Waals surface area (Å²) < 4.78 is 18.7. The number of hydrogen-bond acceptors (Lipinski definition) is 2. The zero-order valence-corrected chi connectivity index (χ0v) is 13.4. The fourth-order valence-corrected chi connectivity index (χ4v) is 2.37. The van der Waals surface area contributed by atoms with Gasteiger partial charge in [-0.15, -0.1) is 0 Å². The molecule has 0 saturated heterocycles. The number of quaternary nitrogens is 1. The van der Waals surface area contributed by atoms with E-state index >= 15 is 0 Å². The van der Waals surface area contributed by atoms with Crippen molar-refractivity contribution < 1.29 is 18.8 Å². The van der Waals surface area contributed by atoms with Crippen LogP contribution in [0.1, 0.15) is 12.5 Å². The molecule has 5 heteroatoms. The Hall–Kier alpha value is -2.40. The van der Waals surface area contributed by atoms with Gasteiger partial charge < -0.3 is 15.0 Å². The fraction of sp³-hybridized carbons (Fsp3) is 0.278. The number of hydrogen-bond donors (Lipinski definition) is 2. The molecule has 1 amide bonds. The number of para-hydroxylation sites is 1. The lowest BCUT2D eigenvalue weighted by atomic mass is 10.2. The summed E-state index contributed by atoms with van der Waals surface area (Å²) in [6.07, 6.45) is 0. The number of amides is 1. The third-order valence-electron chi connectivity index (χ3n) is 3.64. The Kier molecular flexibility index (Phi) is 6.11. The smallest absolute Gasteiger partial charge is 0.279 e. The molecule has 1 atom stereocenters. The minimum atomic E-state index is -0.380. The molecule has 4 nitrogen and oxygen atoms in total. The highest BCUT2D eigenvalue weighted by Gasteiger charge is 2.14. The van der Waals surface area contributed by atoms with Gasteiger partial charge in [0, 0.05) is 11.3 Å². The summed E-state index contributed by atoms with van der Waals surface area (Å²) >= 11 is 0. The largest absolute Gasteiger partial charge is 0.494 e. The zero-order valence-electron chi connectivity index (χ0n) is 13.4. The van der Waals surface area contributed by atoms with E-state index in [9.17, 15) is 9.18 Å². The van der Waals surface area contributed by atoms with Gasteiger partial charge in [-0.05, 0) is 37.3 Å². The number of ether oxygens (including phenoxy) is 1. The predicted molar refractivity (Wildman–Crippen MR) is 88.1 cm³/mol. The van der Waals surface area contributed by atoms with Crippen molar-refractivity contribution in [3.63, 3.8) is 0 Å². The number of carbonyl (C=O) groups excluding carboxylic acids is 1. The Morgan fingerprint density at radius 3 is 2.57 bits per heavy atom. The molecule has 122 valence electrons. The number of nitrogens with one attached hydrogen (secondary N) is 2. The second-order valence-electron chi connectivity index (χ2n) is 5.34. The van der Waals surface area contributed by atoms with Crippen molar-refractivity contribution in [3.05, 3.63) is 59.9 Å². The van der Waals surface area contributed by atoms with Crippen LogP contribution in [0.4, 0.5) is 10.1 Å². The molecule has 0 aliphatic heterocycles. The first-order valence-electron chi connectivity index (χ1n) is 7.63. The average molecular weight is 317 g/mol. The quantitative estimate of drug-likeness (QED) is 0.819. The molecule has 1 unspecified atom stereocenters. The molecule has 2 N–H and O–H groups in total. The summed E-state index contributed by atoms with van der Waals surface area (Å²) in [6, 6.07) is 14.3. The second-order valence-corrected chi connectivity index (χ2v) is 5.34. The third kappa shape index (κ3) is 5.07. The minimum absolute atomic E-state index is 0.0537. The predicted octanol–water partition coefficient (Wildman–Crippen LogP) is 1.88. The summed E-state index contributed by atoms with van der Waals surface area (Å²) in [4.78, 5) is 13.2. The molecule has 0 bridgehead atoms. The van der Waals surface area contributed by atoms with Gasteiger partial charge in [-0.2, -0.15) is 0 Å². The van der Waals surface area contributed by atoms with Crippen LogP contribution in [0.5, 0.6) is 5.75 Å². The zero-order chi connectivity index (χ0) is 16.7. The van der Waals surface area contributed by atoms with E-state index in [0.29, 0.717) is 13.1 Å². The average Bonchev–Trinajstić information content (AvgIpc) is 2.55. The summed E-state index contributed by atoms with van der Waals surface area (Å²) in [7, 11) is 1.44. The monoisotopic (exact) mass is 317 g/mol. The standard InChI is InChI=1S/C18H21FN2O2/c1-3-21(12-14-9-10-17(23-2)16(19)11-14)13-18(22)20-15-7-5-4-6-8-15/h4-11H,3,12-13H2,1-2H3,(H,20,22)/p+1. The Morgan fingerprint density at radius 1 is 1.22 bits per heavy atom. The SMILES string of the molecule is CC[NH+](CC(=O)Nc1ccccc1)Cc1ccc(OC)c(F)c1. The van der Waals surface area contributed by atoms with Crippen molar-refractivity contribution in [2.45, 2.75) is 13.5 Å². The molecule has 23 heavy (non-hydrogen) atoms. The summed E-state index contributed by atoms with van der Waals surface area (Å²) in [5.41, 5.74) is 1.62. The van der Waals surface area contributed by atoms with Gasteiger partial charge in [-0.3, -0.25) is 4.79 Å². The molecule has 0 radical (unpaired) electrons. The van der Waals surface area contributed by atoms with Crippen LogP contribution in [0.2, 0.25) is 0 Å². The molecule has 2 rings (SSSR count). The molecule has 0 spiro atoms. The van der Waals surface area contributed by atoms with Crippen molar-refractivity contribution in [1.29, 1.82) is 0 Å². The van der Waals surface area contributed by atoms with Crippen molar-refractivity contribution in [2.75, 3.05) is 25.5 Å². The molecular formula is C18H22FN2O2+. The fourth-order valence-electron chi connectivity index (χ4n) is 2.37. The van der Waals surface area contributed by atoms with Gasteiger partial charge in [0.2, 0.25) is 0 Å². The van der Waals surface area contributed by atoms with Crippen LogP contribution >= 0.6 is 0 Å². The van der Waals surface area contributed by atoms with Crippen LogP contribution in [0.15, 0.2) is 48.5 Å². The van der Waals surface area contributed by atoms with Crippen molar-refractivity contribution in [3.8, 4) is 5.75 Å². The topological polar surface area (TPSA) is 42.8 Å². The van der Waals surface area contributed by atoms with E-state index in [-0.39, 0.29) is 17.5 Å². The number of carbonyl (C=O) groups is 1. The van der Waals surface area contributed by atoms with Crippen LogP contribution in [-0.2, 0) is 11.3 Å². The summed E-state index contributed by atoms with van der Waals surface area (Å²) in [6.45, 7) is 3.69. The maximum atomic E-state index is 13.7. The molecule has 2 aromatic rings. The number of halogens is 1. The van der Waals surface area contributed by atoms with E-state index in [0.717, 1.165) is 22.7 Å². The van der Waals surface area contributed by atoms with Gasteiger partial charge in [-0.25, -0.2) is 4.39 Å². The highest BCUT2D eigenvalue weighted by molar-refractivity contribution is 5.91. The van der Waals surface area contributed by atoms with Crippen LogP contribution in [-0.4, -0.2) is 26.1 Å². The first-order valence-corrected chi connectivity index (χ1v) is 7.63. The van der Waals surface area contributed by atoms with Gasteiger partial charge in [0.15, 0.2) is 18.1 Å². The van der Waals surface area contributed by atoms with E-state index < -0.39 is 0 Å².